The van der Waals surface area contributed by atoms with Gasteiger partial charge in [0.15, 0.2) is 0 Å². The zero-order chi connectivity index (χ0) is 7.71. The van der Waals surface area contributed by atoms with Crippen LogP contribution in [-0.2, 0) is 18.9 Å². The van der Waals surface area contributed by atoms with Crippen molar-refractivity contribution in [3.63, 3.8) is 0 Å². The lowest BCUT2D eigenvalue weighted by Gasteiger charge is -1.95. The van der Waals surface area contributed by atoms with E-state index in [-0.39, 0.29) is 0 Å². The van der Waals surface area contributed by atoms with E-state index in [1.807, 2.05) is 0 Å². The second-order valence-electron chi connectivity index (χ2n) is 0.917. The molecule has 9 heteroatoms. The van der Waals surface area contributed by atoms with Gasteiger partial charge in [0.1, 0.15) is 0 Å². The monoisotopic (exact) mass is 214 g/mol. The van der Waals surface area contributed by atoms with Gasteiger partial charge in [-0.1, -0.05) is 0 Å². The topological polar surface area (TPSA) is 80.7 Å². The molecule has 0 atom stereocenters. The summed E-state index contributed by atoms with van der Waals surface area (Å²) in [5.41, 5.74) is 0. The number of hydrogen-bond acceptors (Lipinski definition) is 4. The maximum Gasteiger partial charge on any atom is 0.404 e. The van der Waals surface area contributed by atoms with E-state index in [0.717, 1.165) is 0 Å². The van der Waals surface area contributed by atoms with E-state index < -0.39 is 16.5 Å². The molecule has 0 saturated carbocycles. The molecule has 0 aliphatic heterocycles. The highest BCUT2D eigenvalue weighted by atomic mass is 35.9. The fourth-order valence-electron chi connectivity index (χ4n) is 0.110. The summed E-state index contributed by atoms with van der Waals surface area (Å²) in [6.45, 7) is 0. The minimum atomic E-state index is -4.81. The van der Waals surface area contributed by atoms with E-state index in [4.69, 9.17) is 4.55 Å². The lowest BCUT2D eigenvalue weighted by atomic mass is 15.8. The summed E-state index contributed by atoms with van der Waals surface area (Å²) in [5, 5.41) is 0. The Balaban J connectivity index is 4.26. The van der Waals surface area contributed by atoms with Gasteiger partial charge in [0.2, 0.25) is 0 Å². The highest BCUT2D eigenvalue weighted by molar-refractivity contribution is 8.09. The summed E-state index contributed by atoms with van der Waals surface area (Å²) < 4.78 is 40.3. The average molecular weight is 215 g/mol. The maximum absolute atomic E-state index is 10.00. The molecule has 0 saturated heterocycles. The summed E-state index contributed by atoms with van der Waals surface area (Å²) >= 11 is 9.15. The zero-order valence-corrected chi connectivity index (χ0v) is 6.91. The normalized spacial score (nSPS) is 13.7. The van der Waals surface area contributed by atoms with E-state index in [9.17, 15) is 13.0 Å². The van der Waals surface area contributed by atoms with Gasteiger partial charge in [0, 0.05) is 0 Å². The lowest BCUT2D eigenvalue weighted by Crippen LogP contribution is -1.96. The third kappa shape index (κ3) is 8.68. The molecule has 5 nitrogen and oxygen atoms in total. The van der Waals surface area contributed by atoms with Crippen molar-refractivity contribution >= 4 is 39.0 Å². The van der Waals surface area contributed by atoms with E-state index >= 15 is 0 Å². The number of hydrogen-bond donors (Lipinski definition) is 1. The first kappa shape index (κ1) is 9.68. The second-order valence-corrected chi connectivity index (χ2v) is 6.39. The molecule has 1 N–H and O–H groups in total. The first-order valence-electron chi connectivity index (χ1n) is 1.39. The molecule has 0 radical (unpaired) electrons. The van der Waals surface area contributed by atoms with E-state index in [1.165, 1.54) is 0 Å². The Bertz CT molecular complexity index is 221. The highest BCUT2D eigenvalue weighted by Crippen LogP contribution is 2.58. The Kier molecular flexibility index (Phi) is 2.94. The third-order valence-electron chi connectivity index (χ3n) is 0.181. The van der Waals surface area contributed by atoms with Gasteiger partial charge in [-0.2, -0.15) is 12.4 Å². The fraction of sp³-hybridized carbons (Fsp3) is 0. The van der Waals surface area contributed by atoms with Crippen molar-refractivity contribution in [2.45, 2.75) is 0 Å². The van der Waals surface area contributed by atoms with Crippen LogP contribution in [0.4, 0.5) is 0 Å². The predicted octanol–water partition coefficient (Wildman–Crippen LogP) is 1.39. The predicted molar refractivity (Wildman–Crippen MR) is 31.9 cm³/mol. The van der Waals surface area contributed by atoms with Gasteiger partial charge in [-0.05, 0) is 22.5 Å². The van der Waals surface area contributed by atoms with Gasteiger partial charge in [-0.3, -0.25) is 9.12 Å². The Hall–Kier alpha value is 0.680. The van der Waals surface area contributed by atoms with Crippen LogP contribution in [0, 0.1) is 0 Å². The highest BCUT2D eigenvalue weighted by Gasteiger charge is 2.22. The Morgan fingerprint density at radius 3 is 1.78 bits per heavy atom. The molecule has 0 rings (SSSR count). The van der Waals surface area contributed by atoms with Crippen LogP contribution in [0.15, 0.2) is 0 Å². The van der Waals surface area contributed by atoms with Gasteiger partial charge in [-0.25, -0.2) is 0 Å². The van der Waals surface area contributed by atoms with Gasteiger partial charge in [0.25, 0.3) is 0 Å². The van der Waals surface area contributed by atoms with Crippen LogP contribution in [0.1, 0.15) is 0 Å². The first-order chi connectivity index (χ1) is 3.71. The first-order valence-corrected chi connectivity index (χ1v) is 6.19. The molecule has 0 aromatic heterocycles. The van der Waals surface area contributed by atoms with Crippen LogP contribution in [0.25, 0.3) is 0 Å². The summed E-state index contributed by atoms with van der Waals surface area (Å²) in [4.78, 5) is 0. The molecule has 0 aromatic carbocycles. The number of rotatable bonds is 2. The van der Waals surface area contributed by atoms with Gasteiger partial charge < -0.3 is 0 Å². The largest absolute Gasteiger partial charge is 0.404 e. The van der Waals surface area contributed by atoms with Gasteiger partial charge >= 0.3 is 16.5 Å². The second kappa shape index (κ2) is 2.74. The Morgan fingerprint density at radius 1 is 1.44 bits per heavy atom. The van der Waals surface area contributed by atoms with Crippen LogP contribution in [0.2, 0.25) is 0 Å². The maximum atomic E-state index is 10.00. The quantitative estimate of drug-likeness (QED) is 0.555. The summed E-state index contributed by atoms with van der Waals surface area (Å²) in [6.07, 6.45) is -4.18. The van der Waals surface area contributed by atoms with Crippen molar-refractivity contribution in [2.24, 2.45) is 0 Å². The molecule has 0 heterocycles. The van der Waals surface area contributed by atoms with Crippen LogP contribution < -0.4 is 0 Å². The Morgan fingerprint density at radius 2 is 1.78 bits per heavy atom. The molecule has 0 fully saturated rings. The van der Waals surface area contributed by atoms with Crippen molar-refractivity contribution in [1.29, 1.82) is 0 Å². The summed E-state index contributed by atoms with van der Waals surface area (Å²) in [7, 11) is -4.81. The molecule has 0 amide bonds. The molecular weight excluding hydrogens is 214 g/mol. The van der Waals surface area contributed by atoms with Crippen LogP contribution in [-0.4, -0.2) is 13.0 Å². The van der Waals surface area contributed by atoms with Crippen molar-refractivity contribution in [3.8, 4) is 0 Å². The lowest BCUT2D eigenvalue weighted by molar-refractivity contribution is 0.392. The molecule has 0 spiro atoms. The zero-order valence-electron chi connectivity index (χ0n) is 3.69. The molecule has 0 bridgehead atoms. The summed E-state index contributed by atoms with van der Waals surface area (Å²) in [6, 6.07) is 0. The molecule has 0 aromatic rings. The number of halogens is 2. The van der Waals surface area contributed by atoms with Crippen molar-refractivity contribution in [2.75, 3.05) is 0 Å². The molecule has 0 aliphatic rings. The molecule has 0 aliphatic carbocycles. The SMILES string of the molecule is O=P(Cl)(Cl)OS(=O)(=O)O. The standard InChI is InChI=1S/Cl2HO5PS/c1-8(2,3)7-9(4,5)6/h(H,4,5,6). The van der Waals surface area contributed by atoms with Crippen LogP contribution in [0.3, 0.4) is 0 Å². The molecule has 56 valence electrons. The minimum Gasteiger partial charge on any atom is -0.263 e. The van der Waals surface area contributed by atoms with Crippen molar-refractivity contribution in [3.05, 3.63) is 0 Å². The average Bonchev–Trinajstić information content (AvgIpc) is 1.14. The van der Waals surface area contributed by atoms with Crippen LogP contribution in [0.5, 0.6) is 0 Å². The van der Waals surface area contributed by atoms with Gasteiger partial charge in [-0.15, -0.1) is 0 Å². The Labute approximate surface area is 60.9 Å². The minimum absolute atomic E-state index is 3.24. The van der Waals surface area contributed by atoms with E-state index in [0.29, 0.717) is 0 Å². The van der Waals surface area contributed by atoms with E-state index in [2.05, 4.69) is 26.5 Å². The molecule has 0 unspecified atom stereocenters. The third-order valence-corrected chi connectivity index (χ3v) is 2.64. The van der Waals surface area contributed by atoms with Crippen molar-refractivity contribution in [1.82, 2.24) is 0 Å². The summed E-state index contributed by atoms with van der Waals surface area (Å²) in [5.74, 6) is 0. The van der Waals surface area contributed by atoms with Crippen molar-refractivity contribution < 1.29 is 21.5 Å². The molecule has 9 heavy (non-hydrogen) atoms. The fourth-order valence-corrected chi connectivity index (χ4v) is 2.27. The molecular formula is HCl2O5PS. The van der Waals surface area contributed by atoms with Crippen LogP contribution >= 0.6 is 28.6 Å². The smallest absolute Gasteiger partial charge is 0.263 e. The van der Waals surface area contributed by atoms with E-state index in [1.54, 1.807) is 0 Å². The van der Waals surface area contributed by atoms with Gasteiger partial charge in [0.05, 0.1) is 0 Å².